The van der Waals surface area contributed by atoms with E-state index in [1.165, 1.54) is 0 Å². The fraction of sp³-hybridized carbons (Fsp3) is 1.00. The van der Waals surface area contributed by atoms with Crippen molar-refractivity contribution in [2.24, 2.45) is 0 Å². The molecule has 11 heavy (non-hydrogen) atoms. The first-order valence-electron chi connectivity index (χ1n) is 7.08. The Morgan fingerprint density at radius 1 is 1.64 bits per heavy atom. The molecule has 1 aliphatic rings. The van der Waals surface area contributed by atoms with Gasteiger partial charge in [0.2, 0.25) is 0 Å². The van der Waals surface area contributed by atoms with E-state index in [0.717, 1.165) is 11.8 Å². The van der Waals surface area contributed by atoms with Crippen molar-refractivity contribution in [3.63, 3.8) is 0 Å². The number of rotatable bonds is 0. The summed E-state index contributed by atoms with van der Waals surface area (Å²) in [4.78, 5) is 0.740. The highest BCUT2D eigenvalue weighted by molar-refractivity contribution is 4.80. The average Bonchev–Trinajstić information content (AvgIpc) is 1.93. The Labute approximate surface area is 79.4 Å². The Morgan fingerprint density at radius 3 is 2.82 bits per heavy atom. The van der Waals surface area contributed by atoms with Crippen molar-refractivity contribution in [2.75, 3.05) is 19.6 Å². The Bertz CT molecular complexity index is 321. The second kappa shape index (κ2) is 3.11. The summed E-state index contributed by atoms with van der Waals surface area (Å²) in [5.74, 6) is 0. The average molecular weight is 164 g/mol. The van der Waals surface area contributed by atoms with Gasteiger partial charge in [-0.05, 0) is 27.7 Å². The van der Waals surface area contributed by atoms with Crippen LogP contribution in [-0.4, -0.2) is 36.1 Å². The van der Waals surface area contributed by atoms with Crippen LogP contribution in [0, 0.1) is 0 Å². The number of morpholine rings is 1. The van der Waals surface area contributed by atoms with E-state index in [9.17, 15) is 0 Å². The number of hydrogen-bond donors (Lipinski definition) is 0. The molecule has 2 heteroatoms. The number of hydrogen-bond acceptors (Lipinski definition) is 2. The van der Waals surface area contributed by atoms with Gasteiger partial charge < -0.3 is 4.74 Å². The predicted molar refractivity (Wildman–Crippen MR) is 46.7 cm³/mol. The first kappa shape index (κ1) is 3.35. The summed E-state index contributed by atoms with van der Waals surface area (Å²) in [7, 11) is 0. The van der Waals surface area contributed by atoms with E-state index in [0.29, 0.717) is 0 Å². The highest BCUT2D eigenvalue weighted by Crippen LogP contribution is 2.16. The number of ether oxygens (including phenoxy) is 1. The van der Waals surface area contributed by atoms with Crippen LogP contribution in [0.25, 0.3) is 0 Å². The van der Waals surface area contributed by atoms with Crippen LogP contribution < -0.4 is 0 Å². The van der Waals surface area contributed by atoms with Crippen molar-refractivity contribution in [3.05, 3.63) is 0 Å². The summed E-state index contributed by atoms with van der Waals surface area (Å²) in [5, 5.41) is 0. The van der Waals surface area contributed by atoms with Crippen LogP contribution in [0.15, 0.2) is 0 Å². The molecule has 0 radical (unpaired) electrons. The smallest absolute Gasteiger partial charge is 0.0674 e. The van der Waals surface area contributed by atoms with Gasteiger partial charge in [-0.15, -0.1) is 0 Å². The lowest BCUT2D eigenvalue weighted by Crippen LogP contribution is -2.50. The van der Waals surface area contributed by atoms with E-state index >= 15 is 0 Å². The molecule has 2 nitrogen and oxygen atoms in total. The Balaban J connectivity index is 3.48. The van der Waals surface area contributed by atoms with E-state index in [1.807, 2.05) is 0 Å². The lowest BCUT2D eigenvalue weighted by molar-refractivity contribution is -0.0494. The molecular weight excluding hydrogens is 138 g/mol. The zero-order chi connectivity index (χ0) is 14.8. The second-order valence-corrected chi connectivity index (χ2v) is 3.49. The van der Waals surface area contributed by atoms with Crippen LogP contribution in [0.1, 0.15) is 37.3 Å². The molecule has 1 fully saturated rings. The molecule has 0 aliphatic carbocycles. The predicted octanol–water partition coefficient (Wildman–Crippen LogP) is 1.51. The van der Waals surface area contributed by atoms with Gasteiger partial charge in [0, 0.05) is 24.0 Å². The molecule has 0 spiro atoms. The molecule has 0 aromatic rings. The molecule has 1 heterocycles. The van der Waals surface area contributed by atoms with Crippen LogP contribution in [0.2, 0.25) is 0 Å². The third-order valence-corrected chi connectivity index (χ3v) is 1.30. The minimum Gasteiger partial charge on any atom is -0.376 e. The van der Waals surface area contributed by atoms with E-state index < -0.39 is 31.2 Å². The lowest BCUT2D eigenvalue weighted by atomic mass is 10.0. The van der Waals surface area contributed by atoms with Crippen molar-refractivity contribution in [1.82, 2.24) is 4.90 Å². The molecule has 0 N–H and O–H groups in total. The van der Waals surface area contributed by atoms with E-state index in [2.05, 4.69) is 0 Å². The van der Waals surface area contributed by atoms with E-state index in [-0.39, 0.29) is 0 Å². The maximum Gasteiger partial charge on any atom is 0.0674 e. The first-order valence-corrected chi connectivity index (χ1v) is 3.58. The molecule has 0 saturated carbocycles. The zero-order valence-corrected chi connectivity index (χ0v) is 7.36. The van der Waals surface area contributed by atoms with Crippen LogP contribution >= 0.6 is 0 Å². The Morgan fingerprint density at radius 2 is 2.27 bits per heavy atom. The monoisotopic (exact) mass is 164 g/mol. The molecular formula is C9H19NO. The highest BCUT2D eigenvalue weighted by atomic mass is 16.5. The van der Waals surface area contributed by atoms with Gasteiger partial charge >= 0.3 is 0 Å². The minimum atomic E-state index is -2.78. The summed E-state index contributed by atoms with van der Waals surface area (Å²) >= 11 is 0. The van der Waals surface area contributed by atoms with Gasteiger partial charge in [0.25, 0.3) is 0 Å². The largest absolute Gasteiger partial charge is 0.376 e. The van der Waals surface area contributed by atoms with Crippen molar-refractivity contribution in [3.8, 4) is 0 Å². The van der Waals surface area contributed by atoms with Gasteiger partial charge in [0.15, 0.2) is 0 Å². The minimum absolute atomic E-state index is 0.740. The second-order valence-electron chi connectivity index (χ2n) is 3.49. The van der Waals surface area contributed by atoms with Gasteiger partial charge in [-0.25, -0.2) is 0 Å². The fourth-order valence-corrected chi connectivity index (χ4v) is 0.689. The van der Waals surface area contributed by atoms with Crippen molar-refractivity contribution < 1.29 is 14.3 Å². The maximum absolute atomic E-state index is 7.95. The van der Waals surface area contributed by atoms with Crippen molar-refractivity contribution in [1.29, 1.82) is 0 Å². The van der Waals surface area contributed by atoms with Crippen LogP contribution in [-0.2, 0) is 4.74 Å². The Kier molecular flexibility index (Phi) is 0.947. The van der Waals surface area contributed by atoms with Crippen molar-refractivity contribution >= 4 is 0 Å². The summed E-state index contributed by atoms with van der Waals surface area (Å²) in [6.07, 6.45) is -2.21. The van der Waals surface area contributed by atoms with Crippen LogP contribution in [0.4, 0.5) is 0 Å². The molecule has 1 rings (SSSR count). The van der Waals surface area contributed by atoms with Crippen LogP contribution in [0.3, 0.4) is 0 Å². The van der Waals surface area contributed by atoms with E-state index in [1.54, 1.807) is 20.8 Å². The normalized spacial score (nSPS) is 58.7. The van der Waals surface area contributed by atoms with Gasteiger partial charge in [0.1, 0.15) is 0 Å². The number of nitrogens with zero attached hydrogens (tertiary/aromatic N) is 1. The summed E-state index contributed by atoms with van der Waals surface area (Å²) in [6, 6.07) is 0. The van der Waals surface area contributed by atoms with Crippen LogP contribution in [0.5, 0.6) is 0 Å². The molecule has 1 aliphatic heterocycles. The van der Waals surface area contributed by atoms with E-state index in [4.69, 9.17) is 14.3 Å². The highest BCUT2D eigenvalue weighted by Gasteiger charge is 2.25. The Hall–Kier alpha value is -0.0800. The molecule has 0 aromatic heterocycles. The molecule has 1 atom stereocenters. The van der Waals surface area contributed by atoms with Crippen molar-refractivity contribution in [2.45, 2.75) is 39.3 Å². The SMILES string of the molecule is [2H]C1([2H])OC([2H])(C)C([2H])([2H])N(C(C)(C)C)C1([2H])[2H]. The standard InChI is InChI=1S/C9H19NO/c1-8-7-10(5-6-11-8)9(2,3)4/h8H,5-7H2,1-4H3/i5D2,6D2,7D2,8D. The summed E-state index contributed by atoms with van der Waals surface area (Å²) < 4.78 is 59.4. The fourth-order valence-electron chi connectivity index (χ4n) is 0.689. The topological polar surface area (TPSA) is 12.5 Å². The molecule has 1 saturated heterocycles. The molecule has 0 amide bonds. The summed E-state index contributed by atoms with van der Waals surface area (Å²) in [6.45, 7) is -2.13. The first-order chi connectivity index (χ1) is 7.57. The maximum atomic E-state index is 7.95. The molecule has 66 valence electrons. The van der Waals surface area contributed by atoms with Gasteiger partial charge in [-0.3, -0.25) is 4.90 Å². The third kappa shape index (κ3) is 2.46. The summed E-state index contributed by atoms with van der Waals surface area (Å²) in [5.41, 5.74) is -1.01. The quantitative estimate of drug-likeness (QED) is 0.538. The zero-order valence-electron chi connectivity index (χ0n) is 14.4. The molecule has 1 unspecified atom stereocenters. The van der Waals surface area contributed by atoms with Gasteiger partial charge in [0.05, 0.1) is 16.8 Å². The molecule has 0 bridgehead atoms. The van der Waals surface area contributed by atoms with Gasteiger partial charge in [-0.2, -0.15) is 0 Å². The molecule has 0 aromatic carbocycles. The lowest BCUT2D eigenvalue weighted by Gasteiger charge is -2.40. The third-order valence-electron chi connectivity index (χ3n) is 1.30. The van der Waals surface area contributed by atoms with Gasteiger partial charge in [-0.1, -0.05) is 0 Å².